The summed E-state index contributed by atoms with van der Waals surface area (Å²) < 4.78 is 0. The molecule has 0 saturated heterocycles. The lowest BCUT2D eigenvalue weighted by atomic mass is 10.0. The number of benzene rings is 1. The third kappa shape index (κ3) is 5.12. The fraction of sp³-hybridized carbons (Fsp3) is 0.250. The average molecular weight is 382 g/mol. The Morgan fingerprint density at radius 2 is 2.11 bits per heavy atom. The number of aliphatic hydroxyl groups excluding tert-OH is 1. The van der Waals surface area contributed by atoms with Gasteiger partial charge in [-0.25, -0.2) is 0 Å². The number of anilines is 1. The summed E-state index contributed by atoms with van der Waals surface area (Å²) in [5, 5.41) is 27.7. The summed E-state index contributed by atoms with van der Waals surface area (Å²) in [5.41, 5.74) is 3.27. The van der Waals surface area contributed by atoms with E-state index in [0.29, 0.717) is 23.6 Å². The number of carbonyl (C=O) groups is 1. The summed E-state index contributed by atoms with van der Waals surface area (Å²) >= 11 is 1.63. The predicted octanol–water partition coefficient (Wildman–Crippen LogP) is 2.83. The summed E-state index contributed by atoms with van der Waals surface area (Å²) in [6.07, 6.45) is 0.744. The molecule has 3 aromatic rings. The van der Waals surface area contributed by atoms with Gasteiger partial charge in [0, 0.05) is 37.2 Å². The second-order valence-corrected chi connectivity index (χ2v) is 7.01. The van der Waals surface area contributed by atoms with Crippen molar-refractivity contribution in [1.29, 1.82) is 0 Å². The number of amides is 1. The Morgan fingerprint density at radius 3 is 2.78 bits per heavy atom. The number of hydrogen-bond donors (Lipinski definition) is 3. The first kappa shape index (κ1) is 19.0. The van der Waals surface area contributed by atoms with Crippen molar-refractivity contribution in [3.63, 3.8) is 0 Å². The fourth-order valence-electron chi connectivity index (χ4n) is 2.72. The summed E-state index contributed by atoms with van der Waals surface area (Å²) in [6, 6.07) is 13.0. The third-order valence-corrected chi connectivity index (χ3v) is 4.99. The van der Waals surface area contributed by atoms with Gasteiger partial charge in [0.05, 0.1) is 5.69 Å². The molecule has 6 nitrogen and oxygen atoms in total. The molecule has 27 heavy (non-hydrogen) atoms. The van der Waals surface area contributed by atoms with Crippen LogP contribution in [0.3, 0.4) is 0 Å². The maximum atomic E-state index is 12.5. The average Bonchev–Trinajstić information content (AvgIpc) is 3.24. The molecule has 2 heterocycles. The number of aromatic nitrogens is 2. The maximum Gasteiger partial charge on any atom is 0.251 e. The zero-order valence-corrected chi connectivity index (χ0v) is 15.9. The van der Waals surface area contributed by atoms with E-state index in [2.05, 4.69) is 26.2 Å². The molecule has 1 aromatic carbocycles. The highest BCUT2D eigenvalue weighted by molar-refractivity contribution is 7.07. The van der Waals surface area contributed by atoms with Gasteiger partial charge in [-0.2, -0.15) is 11.3 Å². The first-order valence-electron chi connectivity index (χ1n) is 8.71. The van der Waals surface area contributed by atoms with Crippen LogP contribution in [0.2, 0.25) is 0 Å². The molecular formula is C20H22N4O2S. The monoisotopic (exact) mass is 382 g/mol. The number of thiophene rings is 1. The van der Waals surface area contributed by atoms with E-state index in [9.17, 15) is 9.90 Å². The maximum absolute atomic E-state index is 12.5. The van der Waals surface area contributed by atoms with Gasteiger partial charge in [-0.3, -0.25) is 4.79 Å². The van der Waals surface area contributed by atoms with Gasteiger partial charge >= 0.3 is 0 Å². The van der Waals surface area contributed by atoms with Crippen LogP contribution in [0, 0.1) is 5.92 Å². The second kappa shape index (κ2) is 9.25. The Kier molecular flexibility index (Phi) is 6.51. The van der Waals surface area contributed by atoms with Crippen LogP contribution >= 0.6 is 11.3 Å². The number of aliphatic hydroxyl groups is 1. The molecule has 0 fully saturated rings. The Labute approximate surface area is 162 Å². The molecule has 1 unspecified atom stereocenters. The van der Waals surface area contributed by atoms with Gasteiger partial charge in [0.15, 0.2) is 0 Å². The van der Waals surface area contributed by atoms with E-state index in [-0.39, 0.29) is 18.4 Å². The second-order valence-electron chi connectivity index (χ2n) is 6.23. The Hall–Kier alpha value is -2.77. The summed E-state index contributed by atoms with van der Waals surface area (Å²) in [6.45, 7) is 0.454. The van der Waals surface area contributed by atoms with Crippen molar-refractivity contribution in [2.75, 3.05) is 25.5 Å². The normalized spacial score (nSPS) is 11.8. The molecule has 1 atom stereocenters. The van der Waals surface area contributed by atoms with Crippen LogP contribution in [0.25, 0.3) is 11.3 Å². The summed E-state index contributed by atoms with van der Waals surface area (Å²) in [4.78, 5) is 12.5. The Balaban J connectivity index is 1.64. The third-order valence-electron chi connectivity index (χ3n) is 4.26. The van der Waals surface area contributed by atoms with Crippen molar-refractivity contribution in [2.45, 2.75) is 6.42 Å². The van der Waals surface area contributed by atoms with E-state index in [4.69, 9.17) is 0 Å². The van der Waals surface area contributed by atoms with Gasteiger partial charge in [0.25, 0.3) is 5.91 Å². The van der Waals surface area contributed by atoms with E-state index < -0.39 is 0 Å². The van der Waals surface area contributed by atoms with Crippen LogP contribution in [0.15, 0.2) is 53.2 Å². The molecule has 0 spiro atoms. The van der Waals surface area contributed by atoms with Gasteiger partial charge in [-0.15, -0.1) is 10.2 Å². The molecule has 7 heteroatoms. The lowest BCUT2D eigenvalue weighted by Crippen LogP contribution is -2.31. The molecule has 0 aliphatic carbocycles. The SMILES string of the molecule is CNc1ccc(-c2cccc(C(=O)NCC(CO)Cc3ccsc3)c2)nn1. The Bertz CT molecular complexity index is 866. The minimum Gasteiger partial charge on any atom is -0.396 e. The van der Waals surface area contributed by atoms with Crippen LogP contribution in [-0.4, -0.2) is 41.4 Å². The zero-order chi connectivity index (χ0) is 19.1. The molecule has 140 valence electrons. The van der Waals surface area contributed by atoms with Crippen molar-refractivity contribution in [3.8, 4) is 11.3 Å². The van der Waals surface area contributed by atoms with Crippen LogP contribution in [-0.2, 0) is 6.42 Å². The van der Waals surface area contributed by atoms with Crippen molar-refractivity contribution in [1.82, 2.24) is 15.5 Å². The molecule has 0 radical (unpaired) electrons. The first-order chi connectivity index (χ1) is 13.2. The molecule has 3 rings (SSSR count). The van der Waals surface area contributed by atoms with Gasteiger partial charge < -0.3 is 15.7 Å². The van der Waals surface area contributed by atoms with E-state index in [1.807, 2.05) is 35.7 Å². The fourth-order valence-corrected chi connectivity index (χ4v) is 3.40. The molecule has 0 aliphatic heterocycles. The van der Waals surface area contributed by atoms with E-state index in [1.54, 1.807) is 30.5 Å². The van der Waals surface area contributed by atoms with Crippen molar-refractivity contribution in [3.05, 3.63) is 64.4 Å². The predicted molar refractivity (Wildman–Crippen MR) is 108 cm³/mol. The van der Waals surface area contributed by atoms with Crippen LogP contribution in [0.5, 0.6) is 0 Å². The number of nitrogens with zero attached hydrogens (tertiary/aromatic N) is 2. The molecule has 1 amide bonds. The molecule has 0 saturated carbocycles. The zero-order valence-electron chi connectivity index (χ0n) is 15.1. The number of carbonyl (C=O) groups excluding carboxylic acids is 1. The smallest absolute Gasteiger partial charge is 0.251 e. The minimum absolute atomic E-state index is 0.00770. The largest absolute Gasteiger partial charge is 0.396 e. The topological polar surface area (TPSA) is 87.1 Å². The van der Waals surface area contributed by atoms with Gasteiger partial charge in [-0.1, -0.05) is 12.1 Å². The molecular weight excluding hydrogens is 360 g/mol. The summed E-state index contributed by atoms with van der Waals surface area (Å²) in [5.74, 6) is 0.514. The van der Waals surface area contributed by atoms with Crippen molar-refractivity contribution < 1.29 is 9.90 Å². The number of nitrogens with one attached hydrogen (secondary N) is 2. The van der Waals surface area contributed by atoms with Crippen LogP contribution < -0.4 is 10.6 Å². The molecule has 0 aliphatic rings. The van der Waals surface area contributed by atoms with Crippen molar-refractivity contribution >= 4 is 23.1 Å². The van der Waals surface area contributed by atoms with E-state index in [0.717, 1.165) is 12.0 Å². The minimum atomic E-state index is -0.166. The number of rotatable bonds is 8. The quantitative estimate of drug-likeness (QED) is 0.558. The highest BCUT2D eigenvalue weighted by Gasteiger charge is 2.13. The molecule has 2 aromatic heterocycles. The highest BCUT2D eigenvalue weighted by atomic mass is 32.1. The Morgan fingerprint density at radius 1 is 1.22 bits per heavy atom. The first-order valence-corrected chi connectivity index (χ1v) is 9.66. The lowest BCUT2D eigenvalue weighted by molar-refractivity contribution is 0.0940. The van der Waals surface area contributed by atoms with Crippen molar-refractivity contribution in [2.24, 2.45) is 5.92 Å². The number of hydrogen-bond acceptors (Lipinski definition) is 6. The molecule has 3 N–H and O–H groups in total. The van der Waals surface area contributed by atoms with Gasteiger partial charge in [0.1, 0.15) is 5.82 Å². The highest BCUT2D eigenvalue weighted by Crippen LogP contribution is 2.19. The lowest BCUT2D eigenvalue weighted by Gasteiger charge is -2.14. The standard InChI is InChI=1S/C20H22N4O2S/c1-21-19-6-5-18(23-24-19)16-3-2-4-17(10-16)20(26)22-11-15(12-25)9-14-7-8-27-13-14/h2-8,10,13,15,25H,9,11-12H2,1H3,(H,21,24)(H,22,26). The van der Waals surface area contributed by atoms with E-state index in [1.165, 1.54) is 5.56 Å². The van der Waals surface area contributed by atoms with Gasteiger partial charge in [0.2, 0.25) is 0 Å². The van der Waals surface area contributed by atoms with E-state index >= 15 is 0 Å². The molecule has 0 bridgehead atoms. The van der Waals surface area contributed by atoms with Gasteiger partial charge in [-0.05, 0) is 53.1 Å². The summed E-state index contributed by atoms with van der Waals surface area (Å²) in [7, 11) is 1.78. The van der Waals surface area contributed by atoms with Crippen LogP contribution in [0.1, 0.15) is 15.9 Å². The van der Waals surface area contributed by atoms with Crippen LogP contribution in [0.4, 0.5) is 5.82 Å².